The van der Waals surface area contributed by atoms with Crippen LogP contribution >= 0.6 is 22.7 Å². The van der Waals surface area contributed by atoms with Crippen molar-refractivity contribution in [2.75, 3.05) is 11.9 Å². The van der Waals surface area contributed by atoms with E-state index in [2.05, 4.69) is 10.3 Å². The number of hydrogen-bond donors (Lipinski definition) is 1. The highest BCUT2D eigenvalue weighted by Gasteiger charge is 2.20. The van der Waals surface area contributed by atoms with E-state index in [1.54, 1.807) is 19.2 Å². The monoisotopic (exact) mass is 363 g/mol. The van der Waals surface area contributed by atoms with Gasteiger partial charge in [-0.25, -0.2) is 9.78 Å². The molecule has 8 heteroatoms. The lowest BCUT2D eigenvalue weighted by atomic mass is 10.2. The Hall–Kier alpha value is -2.19. The fraction of sp³-hybridized carbons (Fsp3) is 0.312. The molecule has 0 aliphatic rings. The first-order chi connectivity index (χ1) is 11.5. The van der Waals surface area contributed by atoms with Crippen LogP contribution in [0.4, 0.5) is 5.00 Å². The lowest BCUT2D eigenvalue weighted by molar-refractivity contribution is 0.0528. The largest absolute Gasteiger partial charge is 0.462 e. The van der Waals surface area contributed by atoms with Crippen LogP contribution in [0.2, 0.25) is 0 Å². The zero-order valence-electron chi connectivity index (χ0n) is 13.6. The number of carbonyl (C=O) groups excluding carboxylic acids is 2. The third-order valence-electron chi connectivity index (χ3n) is 3.36. The molecule has 0 unspecified atom stereocenters. The maximum Gasteiger partial charge on any atom is 0.341 e. The lowest BCUT2D eigenvalue weighted by Crippen LogP contribution is -2.14. The normalized spacial score (nSPS) is 11.0. The Morgan fingerprint density at radius 2 is 2.08 bits per heavy atom. The lowest BCUT2D eigenvalue weighted by Gasteiger charge is -2.04. The van der Waals surface area contributed by atoms with Gasteiger partial charge in [0.05, 0.1) is 12.2 Å². The molecule has 0 bridgehead atoms. The fourth-order valence-electron chi connectivity index (χ4n) is 2.26. The van der Waals surface area contributed by atoms with Crippen molar-refractivity contribution in [3.63, 3.8) is 0 Å². The molecule has 0 aromatic carbocycles. The molecular formula is C16H17N3O3S2. The zero-order chi connectivity index (χ0) is 17.3. The van der Waals surface area contributed by atoms with Crippen molar-refractivity contribution in [3.05, 3.63) is 39.5 Å². The smallest absolute Gasteiger partial charge is 0.341 e. The van der Waals surface area contributed by atoms with Gasteiger partial charge in [-0.05, 0) is 26.3 Å². The van der Waals surface area contributed by atoms with Crippen molar-refractivity contribution in [1.29, 1.82) is 0 Å². The number of fused-ring (bicyclic) bond motifs is 1. The van der Waals surface area contributed by atoms with E-state index in [9.17, 15) is 9.59 Å². The second-order valence-corrected chi connectivity index (χ2v) is 7.49. The third-order valence-corrected chi connectivity index (χ3v) is 5.47. The fourth-order valence-corrected chi connectivity index (χ4v) is 4.05. The molecule has 0 aliphatic carbocycles. The number of imidazole rings is 1. The Balaban J connectivity index is 1.86. The maximum atomic E-state index is 12.5. The predicted molar refractivity (Wildman–Crippen MR) is 95.4 cm³/mol. The van der Waals surface area contributed by atoms with E-state index >= 15 is 0 Å². The van der Waals surface area contributed by atoms with Crippen molar-refractivity contribution in [1.82, 2.24) is 9.38 Å². The summed E-state index contributed by atoms with van der Waals surface area (Å²) >= 11 is 2.90. The minimum atomic E-state index is -0.426. The van der Waals surface area contributed by atoms with Crippen LogP contribution in [0.25, 0.3) is 4.96 Å². The van der Waals surface area contributed by atoms with Crippen molar-refractivity contribution in [2.24, 2.45) is 0 Å². The van der Waals surface area contributed by atoms with Crippen molar-refractivity contribution >= 4 is 44.5 Å². The molecule has 3 heterocycles. The Morgan fingerprint density at radius 3 is 2.75 bits per heavy atom. The minimum absolute atomic E-state index is 0.292. The summed E-state index contributed by atoms with van der Waals surface area (Å²) in [6.07, 6.45) is 4.40. The Morgan fingerprint density at radius 1 is 1.29 bits per heavy atom. The molecule has 0 aliphatic heterocycles. The molecule has 24 heavy (non-hydrogen) atoms. The second-order valence-electron chi connectivity index (χ2n) is 5.14. The van der Waals surface area contributed by atoms with Crippen LogP contribution in [0.1, 0.15) is 44.4 Å². The van der Waals surface area contributed by atoms with Crippen LogP contribution in [0, 0.1) is 6.92 Å². The van der Waals surface area contributed by atoms with Crippen molar-refractivity contribution < 1.29 is 14.3 Å². The van der Waals surface area contributed by atoms with E-state index in [0.29, 0.717) is 22.9 Å². The van der Waals surface area contributed by atoms with Crippen LogP contribution in [-0.4, -0.2) is 27.9 Å². The van der Waals surface area contributed by atoms with Crippen LogP contribution in [0.3, 0.4) is 0 Å². The zero-order valence-corrected chi connectivity index (χ0v) is 15.2. The van der Waals surface area contributed by atoms with E-state index < -0.39 is 5.97 Å². The van der Waals surface area contributed by atoms with Gasteiger partial charge in [-0.3, -0.25) is 9.20 Å². The number of nitrogens with one attached hydrogen (secondary N) is 1. The summed E-state index contributed by atoms with van der Waals surface area (Å²) < 4.78 is 6.89. The topological polar surface area (TPSA) is 72.7 Å². The van der Waals surface area contributed by atoms with Crippen LogP contribution < -0.4 is 5.32 Å². The first-order valence-electron chi connectivity index (χ1n) is 7.58. The Labute approximate surface area is 147 Å². The molecule has 0 spiro atoms. The minimum Gasteiger partial charge on any atom is -0.462 e. The number of anilines is 1. The van der Waals surface area contributed by atoms with Crippen LogP contribution in [0.5, 0.6) is 0 Å². The molecule has 1 amide bonds. The molecule has 3 aromatic heterocycles. The summed E-state index contributed by atoms with van der Waals surface area (Å²) in [5, 5.41) is 3.30. The van der Waals surface area contributed by atoms with E-state index in [-0.39, 0.29) is 5.91 Å². The van der Waals surface area contributed by atoms with Gasteiger partial charge in [-0.15, -0.1) is 22.7 Å². The number of aryl methyl sites for hydroxylation is 2. The van der Waals surface area contributed by atoms with Gasteiger partial charge in [0.2, 0.25) is 0 Å². The van der Waals surface area contributed by atoms with Gasteiger partial charge >= 0.3 is 5.97 Å². The second kappa shape index (κ2) is 6.74. The first-order valence-corrected chi connectivity index (χ1v) is 9.21. The number of thiophene rings is 1. The molecule has 0 fully saturated rings. The van der Waals surface area contributed by atoms with E-state index in [0.717, 1.165) is 21.1 Å². The first kappa shape index (κ1) is 16.7. The number of aromatic nitrogens is 2. The number of carbonyl (C=O) groups is 2. The van der Waals surface area contributed by atoms with Gasteiger partial charge in [-0.1, -0.05) is 6.92 Å². The third kappa shape index (κ3) is 3.20. The predicted octanol–water partition coefficient (Wildman–Crippen LogP) is 3.76. The molecule has 6 nitrogen and oxygen atoms in total. The number of ether oxygens (including phenoxy) is 1. The molecule has 126 valence electrons. The number of nitrogens with zero attached hydrogens (tertiary/aromatic N) is 2. The Kier molecular flexibility index (Phi) is 4.68. The van der Waals surface area contributed by atoms with E-state index in [1.165, 1.54) is 22.7 Å². The SMILES string of the molecule is CCOC(=O)c1cc(CC)sc1NC(=O)c1cn2cc(C)sc2n1. The average Bonchev–Trinajstić information content (AvgIpc) is 3.19. The van der Waals surface area contributed by atoms with E-state index in [1.807, 2.05) is 24.4 Å². The number of amides is 1. The van der Waals surface area contributed by atoms with Gasteiger partial charge < -0.3 is 10.1 Å². The quantitative estimate of drug-likeness (QED) is 0.701. The Bertz CT molecular complexity index is 876. The van der Waals surface area contributed by atoms with Crippen molar-refractivity contribution in [2.45, 2.75) is 27.2 Å². The van der Waals surface area contributed by atoms with Crippen LogP contribution in [-0.2, 0) is 11.2 Å². The number of hydrogen-bond acceptors (Lipinski definition) is 6. The van der Waals surface area contributed by atoms with Gasteiger partial charge in [0.15, 0.2) is 4.96 Å². The summed E-state index contributed by atoms with van der Waals surface area (Å²) in [5.41, 5.74) is 0.714. The standard InChI is InChI=1S/C16H17N3O3S2/c1-4-10-6-11(15(21)22-5-2)14(24-10)18-13(20)12-8-19-7-9(3)23-16(19)17-12/h6-8H,4-5H2,1-3H3,(H,18,20). The maximum absolute atomic E-state index is 12.5. The molecule has 1 N–H and O–H groups in total. The van der Waals surface area contributed by atoms with Gasteiger partial charge in [0.25, 0.3) is 5.91 Å². The summed E-state index contributed by atoms with van der Waals surface area (Å²) in [7, 11) is 0. The highest BCUT2D eigenvalue weighted by molar-refractivity contribution is 7.17. The highest BCUT2D eigenvalue weighted by atomic mass is 32.1. The van der Waals surface area contributed by atoms with Gasteiger partial charge in [0, 0.05) is 22.1 Å². The number of rotatable bonds is 5. The molecule has 3 rings (SSSR count). The summed E-state index contributed by atoms with van der Waals surface area (Å²) in [4.78, 5) is 31.8. The van der Waals surface area contributed by atoms with Crippen molar-refractivity contribution in [3.8, 4) is 0 Å². The summed E-state index contributed by atoms with van der Waals surface area (Å²) in [5.74, 6) is -0.760. The average molecular weight is 363 g/mol. The number of esters is 1. The molecule has 0 atom stereocenters. The molecule has 3 aromatic rings. The van der Waals surface area contributed by atoms with Crippen LogP contribution in [0.15, 0.2) is 18.5 Å². The number of thiazole rings is 1. The molecule has 0 radical (unpaired) electrons. The van der Waals surface area contributed by atoms with E-state index in [4.69, 9.17) is 4.74 Å². The summed E-state index contributed by atoms with van der Waals surface area (Å²) in [6, 6.07) is 1.77. The summed E-state index contributed by atoms with van der Waals surface area (Å²) in [6.45, 7) is 6.03. The van der Waals surface area contributed by atoms with Gasteiger partial charge in [-0.2, -0.15) is 0 Å². The van der Waals surface area contributed by atoms with Gasteiger partial charge in [0.1, 0.15) is 10.7 Å². The molecule has 0 saturated heterocycles. The molecule has 0 saturated carbocycles. The highest BCUT2D eigenvalue weighted by Crippen LogP contribution is 2.30. The molecular weight excluding hydrogens is 346 g/mol.